The van der Waals surface area contributed by atoms with Gasteiger partial charge in [0.1, 0.15) is 18.2 Å². The zero-order valence-corrected chi connectivity index (χ0v) is 17.9. The van der Waals surface area contributed by atoms with Gasteiger partial charge >= 0.3 is 0 Å². The van der Waals surface area contributed by atoms with Gasteiger partial charge in [-0.25, -0.2) is 9.38 Å². The fourth-order valence-electron chi connectivity index (χ4n) is 4.28. The van der Waals surface area contributed by atoms with Crippen LogP contribution in [0.15, 0.2) is 29.3 Å². The summed E-state index contributed by atoms with van der Waals surface area (Å²) in [5.41, 5.74) is 0.962. The molecule has 2 aliphatic rings. The van der Waals surface area contributed by atoms with Gasteiger partial charge in [0.2, 0.25) is 0 Å². The van der Waals surface area contributed by atoms with Crippen LogP contribution in [0.3, 0.4) is 0 Å². The van der Waals surface area contributed by atoms with Crippen molar-refractivity contribution in [2.75, 3.05) is 18.0 Å². The molecule has 0 spiro atoms. The fourth-order valence-corrected chi connectivity index (χ4v) is 4.28. The molecule has 1 aliphatic carbocycles. The fraction of sp³-hybridized carbons (Fsp3) is 0.591. The van der Waals surface area contributed by atoms with E-state index in [4.69, 9.17) is 4.99 Å². The highest BCUT2D eigenvalue weighted by molar-refractivity contribution is 5.80. The lowest BCUT2D eigenvalue weighted by atomic mass is 10.0. The van der Waals surface area contributed by atoms with Crippen LogP contribution in [-0.4, -0.2) is 45.9 Å². The highest BCUT2D eigenvalue weighted by Gasteiger charge is 2.22. The van der Waals surface area contributed by atoms with Crippen molar-refractivity contribution in [3.8, 4) is 0 Å². The molecular weight excluding hydrogens is 381 g/mol. The normalized spacial score (nSPS) is 18.8. The van der Waals surface area contributed by atoms with Crippen molar-refractivity contribution in [2.24, 2.45) is 12.0 Å². The van der Waals surface area contributed by atoms with Gasteiger partial charge in [-0.2, -0.15) is 0 Å². The number of hydrogen-bond donors (Lipinski definition) is 2. The molecule has 0 bridgehead atoms. The van der Waals surface area contributed by atoms with Crippen molar-refractivity contribution in [1.29, 1.82) is 0 Å². The Morgan fingerprint density at radius 3 is 2.43 bits per heavy atom. The first-order valence-electron chi connectivity index (χ1n) is 11.0. The summed E-state index contributed by atoms with van der Waals surface area (Å²) in [7, 11) is 1.97. The molecule has 8 heteroatoms. The average Bonchev–Trinajstić information content (AvgIpc) is 3.37. The predicted octanol–water partition coefficient (Wildman–Crippen LogP) is 2.91. The van der Waals surface area contributed by atoms with Gasteiger partial charge in [-0.05, 0) is 50.8 Å². The van der Waals surface area contributed by atoms with Crippen LogP contribution in [0.5, 0.6) is 0 Å². The third-order valence-electron chi connectivity index (χ3n) is 6.27. The Morgan fingerprint density at radius 2 is 1.80 bits per heavy atom. The van der Waals surface area contributed by atoms with E-state index in [1.165, 1.54) is 31.7 Å². The van der Waals surface area contributed by atoms with Crippen molar-refractivity contribution in [2.45, 2.75) is 64.1 Å². The number of piperidine rings is 1. The lowest BCUT2D eigenvalue weighted by Crippen LogP contribution is -2.50. The monoisotopic (exact) mass is 413 g/mol. The molecule has 0 atom stereocenters. The van der Waals surface area contributed by atoms with Gasteiger partial charge in [0.25, 0.3) is 0 Å². The smallest absolute Gasteiger partial charge is 0.192 e. The zero-order chi connectivity index (χ0) is 20.9. The molecule has 1 aromatic carbocycles. The number of nitrogens with zero attached hydrogens (tertiary/aromatic N) is 5. The molecule has 1 saturated carbocycles. The van der Waals surface area contributed by atoms with Crippen LogP contribution in [0.2, 0.25) is 0 Å². The summed E-state index contributed by atoms with van der Waals surface area (Å²) >= 11 is 0. The molecule has 0 amide bonds. The van der Waals surface area contributed by atoms with Gasteiger partial charge < -0.3 is 20.1 Å². The predicted molar refractivity (Wildman–Crippen MR) is 117 cm³/mol. The number of aliphatic imine (C=N–C) groups is 1. The number of rotatable bonds is 5. The van der Waals surface area contributed by atoms with E-state index in [2.05, 4.69) is 25.7 Å². The van der Waals surface area contributed by atoms with E-state index < -0.39 is 0 Å². The third kappa shape index (κ3) is 5.09. The lowest BCUT2D eigenvalue weighted by Gasteiger charge is -2.35. The highest BCUT2D eigenvalue weighted by atomic mass is 19.1. The molecule has 1 aromatic heterocycles. The molecule has 1 aliphatic heterocycles. The molecule has 1 saturated heterocycles. The molecule has 0 radical (unpaired) electrons. The molecule has 2 aromatic rings. The summed E-state index contributed by atoms with van der Waals surface area (Å²) in [4.78, 5) is 7.08. The summed E-state index contributed by atoms with van der Waals surface area (Å²) in [5.74, 6) is 2.44. The van der Waals surface area contributed by atoms with Crippen LogP contribution in [0.25, 0.3) is 0 Å². The van der Waals surface area contributed by atoms with Gasteiger partial charge in [-0.15, -0.1) is 10.2 Å². The lowest BCUT2D eigenvalue weighted by molar-refractivity contribution is 0.456. The van der Waals surface area contributed by atoms with Crippen molar-refractivity contribution in [1.82, 2.24) is 25.4 Å². The first kappa shape index (κ1) is 20.6. The Hall–Kier alpha value is -2.64. The van der Waals surface area contributed by atoms with E-state index in [1.54, 1.807) is 12.1 Å². The number of aryl methyl sites for hydroxylation is 1. The first-order chi connectivity index (χ1) is 14.6. The second-order valence-corrected chi connectivity index (χ2v) is 8.40. The zero-order valence-electron chi connectivity index (χ0n) is 17.9. The van der Waals surface area contributed by atoms with Gasteiger partial charge in [-0.3, -0.25) is 0 Å². The van der Waals surface area contributed by atoms with Crippen molar-refractivity contribution in [3.05, 3.63) is 41.7 Å². The van der Waals surface area contributed by atoms with Crippen LogP contribution >= 0.6 is 0 Å². The van der Waals surface area contributed by atoms with E-state index in [-0.39, 0.29) is 5.82 Å². The minimum Gasteiger partial charge on any atom is -0.371 e. The van der Waals surface area contributed by atoms with Crippen molar-refractivity contribution >= 4 is 11.6 Å². The number of guanidine groups is 1. The number of nitrogens with one attached hydrogen (secondary N) is 2. The van der Waals surface area contributed by atoms with Gasteiger partial charge in [0.05, 0.1) is 0 Å². The third-order valence-corrected chi connectivity index (χ3v) is 6.27. The Kier molecular flexibility index (Phi) is 6.50. The molecule has 162 valence electrons. The number of hydrogen-bond acceptors (Lipinski definition) is 4. The van der Waals surface area contributed by atoms with Crippen LogP contribution < -0.4 is 15.5 Å². The highest BCUT2D eigenvalue weighted by Crippen LogP contribution is 2.21. The van der Waals surface area contributed by atoms with E-state index in [0.29, 0.717) is 18.6 Å². The summed E-state index contributed by atoms with van der Waals surface area (Å²) in [5, 5.41) is 15.6. The van der Waals surface area contributed by atoms with Gasteiger partial charge in [0.15, 0.2) is 11.8 Å². The summed E-state index contributed by atoms with van der Waals surface area (Å²) in [6.07, 6.45) is 6.93. The van der Waals surface area contributed by atoms with Gasteiger partial charge in [-0.1, -0.05) is 18.9 Å². The molecule has 0 unspecified atom stereocenters. The minimum atomic E-state index is -0.179. The molecule has 2 fully saturated rings. The van der Waals surface area contributed by atoms with Crippen molar-refractivity contribution in [3.63, 3.8) is 0 Å². The van der Waals surface area contributed by atoms with Crippen LogP contribution in [0.1, 0.15) is 50.2 Å². The molecule has 4 rings (SSSR count). The summed E-state index contributed by atoms with van der Waals surface area (Å²) in [6.45, 7) is 4.25. The topological polar surface area (TPSA) is 70.4 Å². The van der Waals surface area contributed by atoms with E-state index >= 15 is 0 Å². The average molecular weight is 414 g/mol. The van der Waals surface area contributed by atoms with E-state index in [0.717, 1.165) is 49.2 Å². The van der Waals surface area contributed by atoms with Crippen molar-refractivity contribution < 1.29 is 4.39 Å². The summed E-state index contributed by atoms with van der Waals surface area (Å²) < 4.78 is 15.5. The Balaban J connectivity index is 1.37. The second-order valence-electron chi connectivity index (χ2n) is 8.40. The number of anilines is 1. The van der Waals surface area contributed by atoms with E-state index in [1.807, 2.05) is 24.6 Å². The molecule has 2 heterocycles. The number of aromatic nitrogens is 3. The standard InChI is InChI=1S/C22H32FN7/c1-16-27-28-21(29(16)2)15-24-22(25-18-7-3-4-8-18)26-19-10-12-30(13-11-19)20-9-5-6-17(23)14-20/h5-6,9,14,18-19H,3-4,7-8,10-13,15H2,1-2H3,(H2,24,25,26). The Morgan fingerprint density at radius 1 is 1.10 bits per heavy atom. The molecule has 2 N–H and O–H groups in total. The van der Waals surface area contributed by atoms with Gasteiger partial charge in [0, 0.05) is 37.9 Å². The second kappa shape index (κ2) is 9.45. The molecule has 30 heavy (non-hydrogen) atoms. The maximum Gasteiger partial charge on any atom is 0.192 e. The maximum absolute atomic E-state index is 13.5. The quantitative estimate of drug-likeness (QED) is 0.583. The number of benzene rings is 1. The van der Waals surface area contributed by atoms with Crippen LogP contribution in [0, 0.1) is 12.7 Å². The van der Waals surface area contributed by atoms with Crippen LogP contribution in [0.4, 0.5) is 10.1 Å². The first-order valence-corrected chi connectivity index (χ1v) is 11.0. The largest absolute Gasteiger partial charge is 0.371 e. The number of halogens is 1. The maximum atomic E-state index is 13.5. The van der Waals surface area contributed by atoms with E-state index in [9.17, 15) is 4.39 Å². The Bertz CT molecular complexity index is 864. The SMILES string of the molecule is Cc1nnc(CN=C(NC2CCCC2)NC2CCN(c3cccc(F)c3)CC2)n1C. The molecule has 7 nitrogen and oxygen atoms in total. The molecular formula is C22H32FN7. The summed E-state index contributed by atoms with van der Waals surface area (Å²) in [6, 6.07) is 7.71. The van der Waals surface area contributed by atoms with Crippen LogP contribution in [-0.2, 0) is 13.6 Å². The Labute approximate surface area is 177 Å². The minimum absolute atomic E-state index is 0.179.